The van der Waals surface area contributed by atoms with Crippen molar-refractivity contribution in [3.8, 4) is 0 Å². The van der Waals surface area contributed by atoms with Crippen molar-refractivity contribution in [1.29, 1.82) is 0 Å². The van der Waals surface area contributed by atoms with E-state index < -0.39 is 0 Å². The molecule has 0 amide bonds. The van der Waals surface area contributed by atoms with Crippen molar-refractivity contribution in [1.82, 2.24) is 4.90 Å². The van der Waals surface area contributed by atoms with E-state index in [2.05, 4.69) is 40.0 Å². The number of nitrogens with zero attached hydrogens (tertiary/aromatic N) is 1. The molecule has 0 aliphatic carbocycles. The van der Waals surface area contributed by atoms with Gasteiger partial charge < -0.3 is 10.5 Å². The Morgan fingerprint density at radius 1 is 1.56 bits per heavy atom. The van der Waals surface area contributed by atoms with Gasteiger partial charge in [-0.2, -0.15) is 0 Å². The molecule has 0 bridgehead atoms. The van der Waals surface area contributed by atoms with Crippen molar-refractivity contribution in [3.63, 3.8) is 0 Å². The van der Waals surface area contributed by atoms with E-state index in [0.29, 0.717) is 11.6 Å². The Hall–Kier alpha value is -0.490. The van der Waals surface area contributed by atoms with Crippen molar-refractivity contribution >= 4 is 33.1 Å². The molecule has 3 nitrogen and oxygen atoms in total. The summed E-state index contributed by atoms with van der Waals surface area (Å²) in [5, 5.41) is 0. The lowest BCUT2D eigenvalue weighted by molar-refractivity contribution is 0.0897. The van der Waals surface area contributed by atoms with Crippen molar-refractivity contribution in [2.75, 3.05) is 20.2 Å². The normalized spacial score (nSPS) is 12.7. The molecule has 18 heavy (non-hydrogen) atoms. The van der Waals surface area contributed by atoms with E-state index in [4.69, 9.17) is 22.7 Å². The maximum absolute atomic E-state index is 5.52. The van der Waals surface area contributed by atoms with Crippen LogP contribution in [0.1, 0.15) is 12.5 Å². The van der Waals surface area contributed by atoms with Gasteiger partial charge in [0.2, 0.25) is 0 Å². The molecule has 0 saturated carbocycles. The molecule has 5 heteroatoms. The summed E-state index contributed by atoms with van der Waals surface area (Å²) in [5.74, 6) is 0. The summed E-state index contributed by atoms with van der Waals surface area (Å²) in [6, 6.07) is 8.30. The summed E-state index contributed by atoms with van der Waals surface area (Å²) in [5.41, 5.74) is 6.75. The van der Waals surface area contributed by atoms with Crippen molar-refractivity contribution in [2.45, 2.75) is 19.6 Å². The van der Waals surface area contributed by atoms with Gasteiger partial charge in [0.1, 0.15) is 11.1 Å². The second-order valence-corrected chi connectivity index (χ2v) is 5.67. The number of hydrogen-bond donors (Lipinski definition) is 1. The average Bonchev–Trinajstić information content (AvgIpc) is 2.28. The molecule has 0 fully saturated rings. The predicted molar refractivity (Wildman–Crippen MR) is 82.7 cm³/mol. The monoisotopic (exact) mass is 330 g/mol. The van der Waals surface area contributed by atoms with Gasteiger partial charge in [0.05, 0.1) is 6.61 Å². The van der Waals surface area contributed by atoms with Gasteiger partial charge in [-0.1, -0.05) is 40.3 Å². The van der Waals surface area contributed by atoms with Crippen LogP contribution in [0.15, 0.2) is 28.7 Å². The molecule has 0 heterocycles. The first kappa shape index (κ1) is 15.6. The first-order valence-electron chi connectivity index (χ1n) is 5.83. The molecule has 1 unspecified atom stereocenters. The van der Waals surface area contributed by atoms with E-state index >= 15 is 0 Å². The summed E-state index contributed by atoms with van der Waals surface area (Å²) >= 11 is 8.32. The van der Waals surface area contributed by atoms with Crippen LogP contribution in [-0.2, 0) is 11.3 Å². The predicted octanol–water partition coefficient (Wildman–Crippen LogP) is 2.57. The fourth-order valence-corrected chi connectivity index (χ4v) is 2.01. The molecule has 2 N–H and O–H groups in total. The molecular weight excluding hydrogens is 312 g/mol. The third-order valence-electron chi connectivity index (χ3n) is 2.58. The van der Waals surface area contributed by atoms with Crippen LogP contribution in [0.4, 0.5) is 0 Å². The van der Waals surface area contributed by atoms with E-state index in [1.807, 2.05) is 19.1 Å². The fourth-order valence-electron chi connectivity index (χ4n) is 1.49. The van der Waals surface area contributed by atoms with Crippen LogP contribution < -0.4 is 5.73 Å². The number of nitrogens with two attached hydrogens (primary N) is 1. The number of benzene rings is 1. The molecule has 1 aromatic carbocycles. The lowest BCUT2D eigenvalue weighted by atomic mass is 10.2. The second kappa shape index (κ2) is 7.84. The maximum atomic E-state index is 5.52. The highest BCUT2D eigenvalue weighted by Gasteiger charge is 2.06. The first-order valence-corrected chi connectivity index (χ1v) is 7.03. The highest BCUT2D eigenvalue weighted by atomic mass is 79.9. The quantitative estimate of drug-likeness (QED) is 0.780. The zero-order valence-corrected chi connectivity index (χ0v) is 13.1. The molecule has 0 aromatic heterocycles. The highest BCUT2D eigenvalue weighted by Crippen LogP contribution is 2.12. The number of thiocarbonyl (C=S) groups is 1. The Morgan fingerprint density at radius 3 is 2.89 bits per heavy atom. The van der Waals surface area contributed by atoms with Gasteiger partial charge in [0, 0.05) is 17.6 Å². The Labute approximate surface area is 122 Å². The van der Waals surface area contributed by atoms with E-state index in [1.54, 1.807) is 0 Å². The average molecular weight is 331 g/mol. The fraction of sp³-hybridized carbons (Fsp3) is 0.462. The van der Waals surface area contributed by atoms with Gasteiger partial charge in [-0.15, -0.1) is 0 Å². The highest BCUT2D eigenvalue weighted by molar-refractivity contribution is 9.10. The van der Waals surface area contributed by atoms with E-state index in [1.165, 1.54) is 5.56 Å². The van der Waals surface area contributed by atoms with Crippen LogP contribution in [0, 0.1) is 0 Å². The van der Waals surface area contributed by atoms with Crippen LogP contribution in [0.3, 0.4) is 0 Å². The summed E-state index contributed by atoms with van der Waals surface area (Å²) in [7, 11) is 2.07. The summed E-state index contributed by atoms with van der Waals surface area (Å²) in [4.78, 5) is 2.61. The SMILES string of the molecule is CC(OCCN(C)Cc1cccc(Br)c1)C(N)=S. The summed E-state index contributed by atoms with van der Waals surface area (Å²) in [6.07, 6.45) is -0.153. The number of ether oxygens (including phenoxy) is 1. The molecule has 1 rings (SSSR count). The Balaban J connectivity index is 2.29. The van der Waals surface area contributed by atoms with Crippen molar-refractivity contribution < 1.29 is 4.74 Å². The topological polar surface area (TPSA) is 38.5 Å². The van der Waals surface area contributed by atoms with Gasteiger partial charge >= 0.3 is 0 Å². The van der Waals surface area contributed by atoms with Gasteiger partial charge in [-0.25, -0.2) is 0 Å². The molecule has 1 aromatic rings. The molecule has 100 valence electrons. The molecule has 0 spiro atoms. The molecule has 0 aliphatic rings. The van der Waals surface area contributed by atoms with Crippen LogP contribution >= 0.6 is 28.1 Å². The Morgan fingerprint density at radius 2 is 2.28 bits per heavy atom. The van der Waals surface area contributed by atoms with E-state index in [-0.39, 0.29) is 6.10 Å². The third kappa shape index (κ3) is 5.91. The number of hydrogen-bond acceptors (Lipinski definition) is 3. The first-order chi connectivity index (χ1) is 8.49. The lowest BCUT2D eigenvalue weighted by Gasteiger charge is -2.18. The molecule has 0 aliphatic heterocycles. The molecule has 0 saturated heterocycles. The zero-order chi connectivity index (χ0) is 13.5. The van der Waals surface area contributed by atoms with Crippen molar-refractivity contribution in [3.05, 3.63) is 34.3 Å². The molecule has 0 radical (unpaired) electrons. The number of rotatable bonds is 7. The summed E-state index contributed by atoms with van der Waals surface area (Å²) < 4.78 is 6.62. The van der Waals surface area contributed by atoms with Gasteiger partial charge in [0.15, 0.2) is 0 Å². The standard InChI is InChI=1S/C13H19BrN2OS/c1-10(13(15)18)17-7-6-16(2)9-11-4-3-5-12(14)8-11/h3-5,8,10H,6-7,9H2,1-2H3,(H2,15,18). The van der Waals surface area contributed by atoms with E-state index in [9.17, 15) is 0 Å². The third-order valence-corrected chi connectivity index (χ3v) is 3.41. The lowest BCUT2D eigenvalue weighted by Crippen LogP contribution is -2.30. The number of halogens is 1. The minimum Gasteiger partial charge on any atom is -0.391 e. The van der Waals surface area contributed by atoms with Crippen molar-refractivity contribution in [2.24, 2.45) is 5.73 Å². The van der Waals surface area contributed by atoms with Gasteiger partial charge in [0.25, 0.3) is 0 Å². The van der Waals surface area contributed by atoms with Crippen LogP contribution in [0.25, 0.3) is 0 Å². The van der Waals surface area contributed by atoms with E-state index in [0.717, 1.165) is 17.6 Å². The Kier molecular flexibility index (Phi) is 6.78. The Bertz CT molecular complexity index is 400. The van der Waals surface area contributed by atoms with Gasteiger partial charge in [-0.3, -0.25) is 4.90 Å². The molecule has 1 atom stereocenters. The smallest absolute Gasteiger partial charge is 0.104 e. The van der Waals surface area contributed by atoms with Crippen LogP contribution in [0.5, 0.6) is 0 Å². The zero-order valence-electron chi connectivity index (χ0n) is 10.7. The molecular formula is C13H19BrN2OS. The van der Waals surface area contributed by atoms with Gasteiger partial charge in [-0.05, 0) is 31.7 Å². The number of likely N-dealkylation sites (N-methyl/N-ethyl adjacent to an activating group) is 1. The van der Waals surface area contributed by atoms with Crippen LogP contribution in [-0.4, -0.2) is 36.2 Å². The second-order valence-electron chi connectivity index (χ2n) is 4.28. The van der Waals surface area contributed by atoms with Crippen LogP contribution in [0.2, 0.25) is 0 Å². The minimum atomic E-state index is -0.153. The largest absolute Gasteiger partial charge is 0.391 e. The summed E-state index contributed by atoms with van der Waals surface area (Å²) in [6.45, 7) is 4.24. The minimum absolute atomic E-state index is 0.153. The maximum Gasteiger partial charge on any atom is 0.104 e.